The minimum absolute atomic E-state index is 0.176. The highest BCUT2D eigenvalue weighted by molar-refractivity contribution is 5.91. The second-order valence-corrected chi connectivity index (χ2v) is 3.99. The van der Waals surface area contributed by atoms with Crippen LogP contribution in [0, 0.1) is 0 Å². The van der Waals surface area contributed by atoms with E-state index in [1.807, 2.05) is 0 Å². The van der Waals surface area contributed by atoms with Crippen molar-refractivity contribution in [1.82, 2.24) is 10.8 Å². The fourth-order valence-electron chi connectivity index (χ4n) is 1.46. The molecule has 1 rings (SSSR count). The zero-order valence-corrected chi connectivity index (χ0v) is 10.6. The van der Waals surface area contributed by atoms with Crippen molar-refractivity contribution in [3.8, 4) is 0 Å². The molecule has 19 heavy (non-hydrogen) atoms. The van der Waals surface area contributed by atoms with E-state index in [9.17, 15) is 9.59 Å². The van der Waals surface area contributed by atoms with Crippen molar-refractivity contribution in [3.05, 3.63) is 30.2 Å². The molecule has 0 saturated heterocycles. The van der Waals surface area contributed by atoms with Crippen LogP contribution in [0.3, 0.4) is 0 Å². The summed E-state index contributed by atoms with van der Waals surface area (Å²) in [5.41, 5.74) is 1.58. The summed E-state index contributed by atoms with van der Waals surface area (Å²) < 4.78 is 5.05. The first-order valence-electron chi connectivity index (χ1n) is 6.14. The van der Waals surface area contributed by atoms with Crippen LogP contribution in [0.25, 0.3) is 6.08 Å². The number of hydrogen-bond donors (Lipinski definition) is 3. The lowest BCUT2D eigenvalue weighted by molar-refractivity contribution is -0.129. The van der Waals surface area contributed by atoms with Gasteiger partial charge in [0.2, 0.25) is 11.8 Å². The summed E-state index contributed by atoms with van der Waals surface area (Å²) in [4.78, 5) is 22.1. The maximum atomic E-state index is 11.4. The lowest BCUT2D eigenvalue weighted by Crippen LogP contribution is -2.22. The molecule has 1 heterocycles. The number of furan rings is 1. The monoisotopic (exact) mass is 266 g/mol. The van der Waals surface area contributed by atoms with E-state index in [-0.39, 0.29) is 11.8 Å². The summed E-state index contributed by atoms with van der Waals surface area (Å²) in [6, 6.07) is 3.51. The largest absolute Gasteiger partial charge is 0.465 e. The number of amides is 2. The minimum atomic E-state index is -0.384. The lowest BCUT2D eigenvalue weighted by Gasteiger charge is -2.02. The molecule has 0 spiro atoms. The van der Waals surface area contributed by atoms with Gasteiger partial charge in [-0.2, -0.15) is 0 Å². The molecule has 0 unspecified atom stereocenters. The van der Waals surface area contributed by atoms with E-state index in [1.165, 1.54) is 6.08 Å². The molecule has 1 aromatic heterocycles. The molecule has 0 atom stereocenters. The Kier molecular flexibility index (Phi) is 7.04. The summed E-state index contributed by atoms with van der Waals surface area (Å²) in [5.74, 6) is 0.0695. The van der Waals surface area contributed by atoms with Crippen molar-refractivity contribution in [2.45, 2.75) is 25.7 Å². The Hall–Kier alpha value is -2.08. The fourth-order valence-corrected chi connectivity index (χ4v) is 1.46. The van der Waals surface area contributed by atoms with Gasteiger partial charge in [0.15, 0.2) is 0 Å². The summed E-state index contributed by atoms with van der Waals surface area (Å²) in [5, 5.41) is 11.0. The van der Waals surface area contributed by atoms with E-state index in [2.05, 4.69) is 5.32 Å². The van der Waals surface area contributed by atoms with Crippen LogP contribution in [-0.2, 0) is 9.59 Å². The van der Waals surface area contributed by atoms with E-state index < -0.39 is 0 Å². The summed E-state index contributed by atoms with van der Waals surface area (Å²) in [6.07, 6.45) is 7.14. The molecule has 2 amide bonds. The molecular weight excluding hydrogens is 248 g/mol. The molecule has 1 aromatic rings. The second kappa shape index (κ2) is 8.93. The van der Waals surface area contributed by atoms with E-state index >= 15 is 0 Å². The van der Waals surface area contributed by atoms with Gasteiger partial charge in [0.05, 0.1) is 6.26 Å². The second-order valence-electron chi connectivity index (χ2n) is 3.99. The van der Waals surface area contributed by atoms with Crippen LogP contribution in [-0.4, -0.2) is 23.6 Å². The van der Waals surface area contributed by atoms with Crippen molar-refractivity contribution in [1.29, 1.82) is 0 Å². The molecule has 6 heteroatoms. The summed E-state index contributed by atoms with van der Waals surface area (Å²) in [7, 11) is 0. The average Bonchev–Trinajstić information content (AvgIpc) is 2.93. The van der Waals surface area contributed by atoms with Crippen LogP contribution < -0.4 is 10.8 Å². The molecule has 3 N–H and O–H groups in total. The first-order chi connectivity index (χ1) is 9.22. The van der Waals surface area contributed by atoms with Gasteiger partial charge >= 0.3 is 0 Å². The lowest BCUT2D eigenvalue weighted by atomic mass is 10.2. The van der Waals surface area contributed by atoms with Gasteiger partial charge in [0.25, 0.3) is 0 Å². The summed E-state index contributed by atoms with van der Waals surface area (Å²) in [6.45, 7) is 0.558. The van der Waals surface area contributed by atoms with Gasteiger partial charge in [-0.1, -0.05) is 6.42 Å². The van der Waals surface area contributed by atoms with Crippen LogP contribution in [0.4, 0.5) is 0 Å². The highest BCUT2D eigenvalue weighted by Crippen LogP contribution is 2.02. The molecular formula is C13H18N2O4. The minimum Gasteiger partial charge on any atom is -0.465 e. The number of hydroxylamine groups is 1. The Bertz CT molecular complexity index is 412. The molecule has 0 saturated carbocycles. The summed E-state index contributed by atoms with van der Waals surface area (Å²) >= 11 is 0. The van der Waals surface area contributed by atoms with Crippen molar-refractivity contribution in [3.63, 3.8) is 0 Å². The molecule has 104 valence electrons. The number of nitrogens with one attached hydrogen (secondary N) is 2. The molecule has 0 aromatic carbocycles. The molecule has 0 radical (unpaired) electrons. The van der Waals surface area contributed by atoms with Gasteiger partial charge in [-0.3, -0.25) is 14.8 Å². The topological polar surface area (TPSA) is 91.6 Å². The van der Waals surface area contributed by atoms with Gasteiger partial charge in [-0.15, -0.1) is 0 Å². The van der Waals surface area contributed by atoms with E-state index in [4.69, 9.17) is 9.62 Å². The predicted molar refractivity (Wildman–Crippen MR) is 69.1 cm³/mol. The zero-order valence-electron chi connectivity index (χ0n) is 10.6. The molecule has 0 aliphatic carbocycles. The fraction of sp³-hybridized carbons (Fsp3) is 0.385. The van der Waals surface area contributed by atoms with E-state index in [1.54, 1.807) is 30.0 Å². The molecule has 6 nitrogen and oxygen atoms in total. The number of carbonyl (C=O) groups is 2. The van der Waals surface area contributed by atoms with E-state index in [0.717, 1.165) is 12.8 Å². The number of hydrogen-bond acceptors (Lipinski definition) is 4. The Labute approximate surface area is 111 Å². The van der Waals surface area contributed by atoms with Gasteiger partial charge in [0.1, 0.15) is 5.76 Å². The number of unbranched alkanes of at least 4 members (excludes halogenated alkanes) is 2. The quantitative estimate of drug-likeness (QED) is 0.287. The Morgan fingerprint density at radius 2 is 2.16 bits per heavy atom. The van der Waals surface area contributed by atoms with Gasteiger partial charge in [-0.25, -0.2) is 5.48 Å². The highest BCUT2D eigenvalue weighted by Gasteiger charge is 1.99. The van der Waals surface area contributed by atoms with Crippen LogP contribution in [0.5, 0.6) is 0 Å². The van der Waals surface area contributed by atoms with Crippen LogP contribution in [0.15, 0.2) is 28.9 Å². The third kappa shape index (κ3) is 7.05. The predicted octanol–water partition coefficient (Wildman–Crippen LogP) is 1.47. The van der Waals surface area contributed by atoms with Crippen LogP contribution in [0.1, 0.15) is 31.4 Å². The van der Waals surface area contributed by atoms with Crippen molar-refractivity contribution in [2.75, 3.05) is 6.54 Å². The Morgan fingerprint density at radius 1 is 1.32 bits per heavy atom. The third-order valence-electron chi connectivity index (χ3n) is 2.45. The maximum Gasteiger partial charge on any atom is 0.244 e. The van der Waals surface area contributed by atoms with Gasteiger partial charge in [0, 0.05) is 19.0 Å². The van der Waals surface area contributed by atoms with Crippen molar-refractivity contribution >= 4 is 17.9 Å². The zero-order chi connectivity index (χ0) is 13.9. The van der Waals surface area contributed by atoms with Gasteiger partial charge in [-0.05, 0) is 31.1 Å². The molecule has 0 bridgehead atoms. The smallest absolute Gasteiger partial charge is 0.244 e. The highest BCUT2D eigenvalue weighted by atomic mass is 16.5. The first-order valence-corrected chi connectivity index (χ1v) is 6.14. The normalized spacial score (nSPS) is 10.6. The Balaban J connectivity index is 2.03. The van der Waals surface area contributed by atoms with Crippen LogP contribution >= 0.6 is 0 Å². The SMILES string of the molecule is O=C(C=Cc1ccco1)NCCCCCC(=O)NO. The van der Waals surface area contributed by atoms with Gasteiger partial charge < -0.3 is 9.73 Å². The molecule has 0 aliphatic rings. The standard InChI is InChI=1S/C13H18N2O4/c16-12(8-7-11-5-4-10-19-11)14-9-3-1-2-6-13(17)15-18/h4-5,7-8,10,18H,1-3,6,9H2,(H,14,16)(H,15,17). The van der Waals surface area contributed by atoms with Crippen molar-refractivity contribution < 1.29 is 19.2 Å². The van der Waals surface area contributed by atoms with E-state index in [0.29, 0.717) is 25.1 Å². The molecule has 0 fully saturated rings. The Morgan fingerprint density at radius 3 is 2.84 bits per heavy atom. The number of carbonyl (C=O) groups excluding carboxylic acids is 2. The van der Waals surface area contributed by atoms with Crippen molar-refractivity contribution in [2.24, 2.45) is 0 Å². The number of rotatable bonds is 8. The average molecular weight is 266 g/mol. The van der Waals surface area contributed by atoms with Crippen LogP contribution in [0.2, 0.25) is 0 Å². The first kappa shape index (κ1) is 15.0. The maximum absolute atomic E-state index is 11.4. The third-order valence-corrected chi connectivity index (χ3v) is 2.45. The molecule has 0 aliphatic heterocycles.